The van der Waals surface area contributed by atoms with E-state index in [2.05, 4.69) is 5.32 Å². The van der Waals surface area contributed by atoms with Gasteiger partial charge in [-0.05, 0) is 24.2 Å². The van der Waals surface area contributed by atoms with Crippen molar-refractivity contribution in [2.45, 2.75) is 54.0 Å². The molecule has 0 unspecified atom stereocenters. The van der Waals surface area contributed by atoms with Gasteiger partial charge in [-0.25, -0.2) is 9.59 Å². The fourth-order valence-electron chi connectivity index (χ4n) is 1.46. The monoisotopic (exact) mass is 287 g/mol. The quantitative estimate of drug-likeness (QED) is 0.697. The predicted molar refractivity (Wildman–Crippen MR) is 78.4 cm³/mol. The Morgan fingerprint density at radius 1 is 0.850 bits per heavy atom. The zero-order valence-electron chi connectivity index (χ0n) is 13.6. The maximum atomic E-state index is 12.0. The van der Waals surface area contributed by atoms with Crippen molar-refractivity contribution >= 4 is 12.1 Å². The van der Waals surface area contributed by atoms with Crippen LogP contribution in [0.1, 0.15) is 48.0 Å². The van der Waals surface area contributed by atoms with Gasteiger partial charge in [0.25, 0.3) is 0 Å². The second kappa shape index (κ2) is 9.61. The molecule has 0 aliphatic rings. The van der Waals surface area contributed by atoms with Crippen LogP contribution in [0, 0.1) is 17.8 Å². The largest absolute Gasteiger partial charge is 0.464 e. The number of esters is 1. The van der Waals surface area contributed by atoms with E-state index in [1.54, 1.807) is 0 Å². The van der Waals surface area contributed by atoms with Crippen LogP contribution in [0.25, 0.3) is 0 Å². The second-order valence-corrected chi connectivity index (χ2v) is 6.34. The molecule has 0 aliphatic carbocycles. The molecule has 0 spiro atoms. The van der Waals surface area contributed by atoms with Gasteiger partial charge in [0.2, 0.25) is 0 Å². The Kier molecular flexibility index (Phi) is 9.01. The van der Waals surface area contributed by atoms with Crippen molar-refractivity contribution in [1.29, 1.82) is 0 Å². The van der Waals surface area contributed by atoms with Crippen molar-refractivity contribution in [2.75, 3.05) is 13.2 Å². The first kappa shape index (κ1) is 18.7. The number of nitrogens with one attached hydrogen (secondary N) is 1. The Hall–Kier alpha value is -1.26. The van der Waals surface area contributed by atoms with Gasteiger partial charge in [-0.1, -0.05) is 41.5 Å². The summed E-state index contributed by atoms with van der Waals surface area (Å²) in [5.41, 5.74) is 0. The fourth-order valence-corrected chi connectivity index (χ4v) is 1.46. The van der Waals surface area contributed by atoms with Gasteiger partial charge < -0.3 is 14.8 Å². The predicted octanol–water partition coefficient (Wildman–Crippen LogP) is 2.98. The minimum Gasteiger partial charge on any atom is -0.464 e. The van der Waals surface area contributed by atoms with E-state index in [9.17, 15) is 9.59 Å². The number of ether oxygens (including phenoxy) is 2. The van der Waals surface area contributed by atoms with Crippen LogP contribution in [0.3, 0.4) is 0 Å². The molecule has 0 saturated carbocycles. The molecule has 0 rings (SSSR count). The Morgan fingerprint density at radius 2 is 1.35 bits per heavy atom. The second-order valence-electron chi connectivity index (χ2n) is 6.34. The average molecular weight is 287 g/mol. The highest BCUT2D eigenvalue weighted by Crippen LogP contribution is 2.08. The highest BCUT2D eigenvalue weighted by molar-refractivity contribution is 5.81. The number of amides is 1. The molecular weight excluding hydrogens is 258 g/mol. The van der Waals surface area contributed by atoms with E-state index in [0.29, 0.717) is 19.6 Å². The Bertz CT molecular complexity index is 300. The first-order valence-corrected chi connectivity index (χ1v) is 7.32. The van der Waals surface area contributed by atoms with Gasteiger partial charge in [0, 0.05) is 0 Å². The molecule has 0 bridgehead atoms. The molecule has 118 valence electrons. The van der Waals surface area contributed by atoms with Gasteiger partial charge >= 0.3 is 12.1 Å². The van der Waals surface area contributed by atoms with Gasteiger partial charge in [-0.15, -0.1) is 0 Å². The zero-order chi connectivity index (χ0) is 15.7. The van der Waals surface area contributed by atoms with Crippen LogP contribution >= 0.6 is 0 Å². The van der Waals surface area contributed by atoms with Gasteiger partial charge in [0.1, 0.15) is 6.04 Å². The summed E-state index contributed by atoms with van der Waals surface area (Å²) in [6.45, 7) is 12.5. The molecule has 1 N–H and O–H groups in total. The summed E-state index contributed by atoms with van der Waals surface area (Å²) < 4.78 is 10.2. The van der Waals surface area contributed by atoms with E-state index in [4.69, 9.17) is 9.47 Å². The van der Waals surface area contributed by atoms with Crippen LogP contribution in [0.15, 0.2) is 0 Å². The fraction of sp³-hybridized carbons (Fsp3) is 0.867. The van der Waals surface area contributed by atoms with Crippen molar-refractivity contribution in [3.05, 3.63) is 0 Å². The summed E-state index contributed by atoms with van der Waals surface area (Å²) in [6, 6.07) is -0.645. The number of carbonyl (C=O) groups excluding carboxylic acids is 2. The first-order valence-electron chi connectivity index (χ1n) is 7.32. The maximum absolute atomic E-state index is 12.0. The number of hydrogen-bond acceptors (Lipinski definition) is 4. The van der Waals surface area contributed by atoms with Crippen LogP contribution in [0.5, 0.6) is 0 Å². The Morgan fingerprint density at radius 3 is 1.80 bits per heavy atom. The first-order chi connectivity index (χ1) is 9.22. The molecule has 0 aliphatic heterocycles. The molecule has 0 aromatic carbocycles. The lowest BCUT2D eigenvalue weighted by molar-refractivity contribution is -0.147. The van der Waals surface area contributed by atoms with E-state index < -0.39 is 18.1 Å². The Balaban J connectivity index is 4.39. The van der Waals surface area contributed by atoms with Crippen LogP contribution in [0.4, 0.5) is 4.79 Å². The molecule has 20 heavy (non-hydrogen) atoms. The van der Waals surface area contributed by atoms with Crippen LogP contribution < -0.4 is 5.32 Å². The number of carbonyl (C=O) groups is 2. The van der Waals surface area contributed by atoms with Gasteiger partial charge in [0.05, 0.1) is 13.2 Å². The van der Waals surface area contributed by atoms with Crippen molar-refractivity contribution in [3.8, 4) is 0 Å². The molecule has 1 atom stereocenters. The maximum Gasteiger partial charge on any atom is 0.407 e. The SMILES string of the molecule is CC(C)COC(=O)N[C@@H](CC(C)C)C(=O)OCC(C)C. The number of alkyl carbamates (subject to hydrolysis) is 1. The lowest BCUT2D eigenvalue weighted by Crippen LogP contribution is -2.43. The van der Waals surface area contributed by atoms with E-state index in [1.807, 2.05) is 41.5 Å². The Labute approximate surface area is 122 Å². The molecule has 0 aromatic rings. The van der Waals surface area contributed by atoms with Crippen LogP contribution in [0.2, 0.25) is 0 Å². The molecule has 0 aromatic heterocycles. The summed E-state index contributed by atoms with van der Waals surface area (Å²) in [5.74, 6) is 0.412. The lowest BCUT2D eigenvalue weighted by Gasteiger charge is -2.20. The summed E-state index contributed by atoms with van der Waals surface area (Å²) in [4.78, 5) is 23.6. The number of rotatable bonds is 8. The third kappa shape index (κ3) is 9.64. The molecule has 0 heterocycles. The van der Waals surface area contributed by atoms with E-state index in [1.165, 1.54) is 0 Å². The highest BCUT2D eigenvalue weighted by atomic mass is 16.6. The molecule has 0 radical (unpaired) electrons. The van der Waals surface area contributed by atoms with Crippen LogP contribution in [-0.2, 0) is 14.3 Å². The van der Waals surface area contributed by atoms with Crippen molar-refractivity contribution in [2.24, 2.45) is 17.8 Å². The molecule has 1 amide bonds. The molecule has 5 nitrogen and oxygen atoms in total. The van der Waals surface area contributed by atoms with Gasteiger partial charge in [-0.3, -0.25) is 0 Å². The highest BCUT2D eigenvalue weighted by Gasteiger charge is 2.24. The van der Waals surface area contributed by atoms with Crippen molar-refractivity contribution in [1.82, 2.24) is 5.32 Å². The summed E-state index contributed by atoms with van der Waals surface area (Å²) in [5, 5.41) is 2.59. The smallest absolute Gasteiger partial charge is 0.407 e. The average Bonchev–Trinajstić information content (AvgIpc) is 2.32. The summed E-state index contributed by atoms with van der Waals surface area (Å²) >= 11 is 0. The normalized spacial score (nSPS) is 12.7. The minimum absolute atomic E-state index is 0.261. The summed E-state index contributed by atoms with van der Waals surface area (Å²) in [7, 11) is 0. The summed E-state index contributed by atoms with van der Waals surface area (Å²) in [6.07, 6.45) is -0.0286. The molecule has 0 fully saturated rings. The van der Waals surface area contributed by atoms with Crippen molar-refractivity contribution < 1.29 is 19.1 Å². The zero-order valence-corrected chi connectivity index (χ0v) is 13.6. The van der Waals surface area contributed by atoms with E-state index in [-0.39, 0.29) is 17.8 Å². The van der Waals surface area contributed by atoms with E-state index in [0.717, 1.165) is 0 Å². The third-order valence-corrected chi connectivity index (χ3v) is 2.39. The van der Waals surface area contributed by atoms with Crippen LogP contribution in [-0.4, -0.2) is 31.3 Å². The topological polar surface area (TPSA) is 64.6 Å². The van der Waals surface area contributed by atoms with E-state index >= 15 is 0 Å². The third-order valence-electron chi connectivity index (χ3n) is 2.39. The number of hydrogen-bond donors (Lipinski definition) is 1. The molecule has 0 saturated heterocycles. The van der Waals surface area contributed by atoms with Crippen molar-refractivity contribution in [3.63, 3.8) is 0 Å². The molecular formula is C15H29NO4. The molecule has 5 heteroatoms. The minimum atomic E-state index is -0.645. The lowest BCUT2D eigenvalue weighted by atomic mass is 10.0. The van der Waals surface area contributed by atoms with Gasteiger partial charge in [-0.2, -0.15) is 0 Å². The standard InChI is InChI=1S/C15H29NO4/c1-10(2)7-13(14(17)19-8-11(3)4)16-15(18)20-9-12(5)6/h10-13H,7-9H2,1-6H3,(H,16,18)/t13-/m0/s1. The van der Waals surface area contributed by atoms with Gasteiger partial charge in [0.15, 0.2) is 0 Å².